The maximum atomic E-state index is 13.1. The average molecular weight is 1410 g/mol. The number of ether oxygens (including phenoxy) is 4. The van der Waals surface area contributed by atoms with E-state index < -0.39 is 97.5 Å². The number of rotatable bonds is 75. The number of hydrogen-bond donors (Lipinski definition) is 3. The fourth-order valence-corrected chi connectivity index (χ4v) is 13.4. The Bertz CT molecular complexity index is 1870. The molecule has 0 aliphatic carbocycles. The van der Waals surface area contributed by atoms with Gasteiger partial charge in [0, 0.05) is 25.7 Å². The number of hydrogen-bond acceptors (Lipinski definition) is 15. The van der Waals surface area contributed by atoms with Crippen LogP contribution in [0.3, 0.4) is 0 Å². The minimum Gasteiger partial charge on any atom is -0.462 e. The minimum absolute atomic E-state index is 0.106. The van der Waals surface area contributed by atoms with Crippen molar-refractivity contribution in [1.29, 1.82) is 0 Å². The van der Waals surface area contributed by atoms with E-state index >= 15 is 0 Å². The van der Waals surface area contributed by atoms with Crippen LogP contribution in [0.15, 0.2) is 0 Å². The molecule has 3 N–H and O–H groups in total. The van der Waals surface area contributed by atoms with Crippen molar-refractivity contribution in [2.45, 2.75) is 414 Å². The third kappa shape index (κ3) is 70.5. The van der Waals surface area contributed by atoms with Gasteiger partial charge >= 0.3 is 39.5 Å². The Hall–Kier alpha value is -1.94. The van der Waals surface area contributed by atoms with Gasteiger partial charge in [-0.25, -0.2) is 9.13 Å². The number of unbranched alkanes of at least 4 members (excludes halogenated alkanes) is 43. The summed E-state index contributed by atoms with van der Waals surface area (Å²) in [4.78, 5) is 72.9. The molecular weight excluding hydrogens is 1260 g/mol. The van der Waals surface area contributed by atoms with Crippen molar-refractivity contribution in [3.05, 3.63) is 0 Å². The lowest BCUT2D eigenvalue weighted by molar-refractivity contribution is -0.161. The molecule has 0 radical (unpaired) electrons. The molecule has 0 aromatic carbocycles. The summed E-state index contributed by atoms with van der Waals surface area (Å²) in [6, 6.07) is 0. The van der Waals surface area contributed by atoms with Gasteiger partial charge in [0.25, 0.3) is 0 Å². The van der Waals surface area contributed by atoms with Gasteiger partial charge in [-0.1, -0.05) is 344 Å². The molecule has 2 unspecified atom stereocenters. The lowest BCUT2D eigenvalue weighted by Crippen LogP contribution is -2.30. The molecule has 0 aromatic rings. The van der Waals surface area contributed by atoms with Crippen LogP contribution in [-0.4, -0.2) is 96.7 Å². The molecule has 0 heterocycles. The van der Waals surface area contributed by atoms with Crippen molar-refractivity contribution in [3.8, 4) is 0 Å². The number of phosphoric acid groups is 2. The predicted molar refractivity (Wildman–Crippen MR) is 391 cm³/mol. The van der Waals surface area contributed by atoms with Gasteiger partial charge in [-0.15, -0.1) is 0 Å². The first-order chi connectivity index (χ1) is 46.2. The van der Waals surface area contributed by atoms with Crippen molar-refractivity contribution in [2.24, 2.45) is 17.8 Å². The third-order valence-electron chi connectivity index (χ3n) is 17.9. The summed E-state index contributed by atoms with van der Waals surface area (Å²) in [5.41, 5.74) is 0. The van der Waals surface area contributed by atoms with Gasteiger partial charge in [-0.05, 0) is 43.4 Å². The van der Waals surface area contributed by atoms with Crippen LogP contribution in [0.4, 0.5) is 0 Å². The number of aliphatic hydroxyl groups is 1. The van der Waals surface area contributed by atoms with Crippen LogP contribution in [0.1, 0.15) is 395 Å². The third-order valence-corrected chi connectivity index (χ3v) is 19.8. The quantitative estimate of drug-likeness (QED) is 0.0222. The molecule has 0 amide bonds. The average Bonchev–Trinajstić information content (AvgIpc) is 1.52. The Morgan fingerprint density at radius 1 is 0.281 bits per heavy atom. The van der Waals surface area contributed by atoms with Gasteiger partial charge in [0.05, 0.1) is 26.4 Å². The van der Waals surface area contributed by atoms with E-state index in [0.717, 1.165) is 108 Å². The topological polar surface area (TPSA) is 237 Å². The van der Waals surface area contributed by atoms with Crippen molar-refractivity contribution < 1.29 is 80.2 Å². The van der Waals surface area contributed by atoms with Gasteiger partial charge in [0.15, 0.2) is 12.2 Å². The van der Waals surface area contributed by atoms with E-state index in [-0.39, 0.29) is 25.7 Å². The van der Waals surface area contributed by atoms with E-state index in [1.54, 1.807) is 0 Å². The standard InChI is InChI=1S/C77H150O17P2/c1-8-9-10-11-12-13-14-17-21-30-37-44-51-58-74(79)87-64-73(94-77(82)61-54-47-40-33-26-24-29-36-43-50-57-70(6)7)67-92-96(85,86)90-63-71(78)62-89-95(83,84)91-66-72(65-88-75(80)59-52-45-38-31-25-23-28-35-42-49-56-69(4)5)93-76(81)60-53-46-39-32-22-19-16-15-18-20-27-34-41-48-55-68(2)3/h68-73,78H,8-67H2,1-7H3,(H,83,84)(H,85,86)/t71-,72-,73-/m1/s1. The second kappa shape index (κ2) is 67.5. The fourth-order valence-electron chi connectivity index (χ4n) is 11.8. The van der Waals surface area contributed by atoms with Crippen molar-refractivity contribution in [1.82, 2.24) is 0 Å². The zero-order chi connectivity index (χ0) is 70.9. The Balaban J connectivity index is 5.26. The highest BCUT2D eigenvalue weighted by Crippen LogP contribution is 2.45. The number of phosphoric ester groups is 2. The van der Waals surface area contributed by atoms with E-state index in [4.69, 9.17) is 37.0 Å². The molecule has 0 spiro atoms. The summed E-state index contributed by atoms with van der Waals surface area (Å²) in [6.07, 6.45) is 54.0. The molecule has 0 bridgehead atoms. The lowest BCUT2D eigenvalue weighted by Gasteiger charge is -2.21. The van der Waals surface area contributed by atoms with Crippen LogP contribution in [0, 0.1) is 17.8 Å². The molecule has 0 rings (SSSR count). The van der Waals surface area contributed by atoms with Crippen LogP contribution >= 0.6 is 15.6 Å². The summed E-state index contributed by atoms with van der Waals surface area (Å²) in [5, 5.41) is 10.6. The molecule has 570 valence electrons. The second-order valence-corrected chi connectivity index (χ2v) is 32.1. The Kier molecular flexibility index (Phi) is 66.2. The van der Waals surface area contributed by atoms with E-state index in [2.05, 4.69) is 48.5 Å². The molecule has 0 aliphatic rings. The first-order valence-corrected chi connectivity index (χ1v) is 42.8. The summed E-state index contributed by atoms with van der Waals surface area (Å²) < 4.78 is 68.6. The van der Waals surface area contributed by atoms with Crippen LogP contribution in [0.2, 0.25) is 0 Å². The number of esters is 4. The summed E-state index contributed by atoms with van der Waals surface area (Å²) in [6.45, 7) is 11.9. The maximum absolute atomic E-state index is 13.1. The number of aliphatic hydroxyl groups excluding tert-OH is 1. The van der Waals surface area contributed by atoms with Crippen molar-refractivity contribution >= 4 is 39.5 Å². The highest BCUT2D eigenvalue weighted by molar-refractivity contribution is 7.47. The first kappa shape index (κ1) is 94.1. The zero-order valence-corrected chi connectivity index (χ0v) is 64.6. The SMILES string of the molecule is CCCCCCCCCCCCCCCC(=O)OC[C@H](COP(=O)(O)OC[C@H](O)COP(=O)(O)OC[C@@H](COC(=O)CCCCCCCCCCCCC(C)C)OC(=O)CCCCCCCCCCCCCCCCC(C)C)OC(=O)CCCCCCCCCCCCC(C)C. The molecule has 5 atom stereocenters. The molecule has 0 aliphatic heterocycles. The number of carbonyl (C=O) groups excluding carboxylic acids is 4. The zero-order valence-electron chi connectivity index (χ0n) is 62.8. The molecule has 96 heavy (non-hydrogen) atoms. The number of carbonyl (C=O) groups is 4. The van der Waals surface area contributed by atoms with Crippen molar-refractivity contribution in [3.63, 3.8) is 0 Å². The van der Waals surface area contributed by atoms with Crippen LogP contribution in [0.5, 0.6) is 0 Å². The van der Waals surface area contributed by atoms with Crippen molar-refractivity contribution in [2.75, 3.05) is 39.6 Å². The molecular formula is C77H150O17P2. The highest BCUT2D eigenvalue weighted by Gasteiger charge is 2.30. The summed E-state index contributed by atoms with van der Waals surface area (Å²) >= 11 is 0. The van der Waals surface area contributed by atoms with E-state index in [9.17, 15) is 43.2 Å². The fraction of sp³-hybridized carbons (Fsp3) is 0.948. The van der Waals surface area contributed by atoms with Gasteiger partial charge < -0.3 is 33.8 Å². The minimum atomic E-state index is -4.96. The molecule has 17 nitrogen and oxygen atoms in total. The Labute approximate surface area is 588 Å². The largest absolute Gasteiger partial charge is 0.472 e. The van der Waals surface area contributed by atoms with E-state index in [1.807, 2.05) is 0 Å². The predicted octanol–water partition coefficient (Wildman–Crippen LogP) is 22.6. The van der Waals surface area contributed by atoms with Gasteiger partial charge in [-0.2, -0.15) is 0 Å². The molecule has 19 heteroatoms. The van der Waals surface area contributed by atoms with Crippen LogP contribution in [-0.2, 0) is 65.4 Å². The Morgan fingerprint density at radius 2 is 0.479 bits per heavy atom. The van der Waals surface area contributed by atoms with Gasteiger partial charge in [-0.3, -0.25) is 37.3 Å². The second-order valence-electron chi connectivity index (χ2n) is 29.2. The van der Waals surface area contributed by atoms with Gasteiger partial charge in [0.2, 0.25) is 0 Å². The highest BCUT2D eigenvalue weighted by atomic mass is 31.2. The molecule has 0 fully saturated rings. The molecule has 0 saturated carbocycles. The van der Waals surface area contributed by atoms with Gasteiger partial charge in [0.1, 0.15) is 19.3 Å². The normalized spacial score (nSPS) is 14.1. The summed E-state index contributed by atoms with van der Waals surface area (Å²) in [7, 11) is -9.91. The lowest BCUT2D eigenvalue weighted by atomic mass is 10.0. The van der Waals surface area contributed by atoms with Crippen LogP contribution < -0.4 is 0 Å². The Morgan fingerprint density at radius 3 is 0.708 bits per heavy atom. The molecule has 0 saturated heterocycles. The first-order valence-electron chi connectivity index (χ1n) is 39.8. The van der Waals surface area contributed by atoms with Crippen LogP contribution in [0.25, 0.3) is 0 Å². The van der Waals surface area contributed by atoms with E-state index in [0.29, 0.717) is 25.7 Å². The monoisotopic (exact) mass is 1410 g/mol. The maximum Gasteiger partial charge on any atom is 0.472 e. The van der Waals surface area contributed by atoms with E-state index in [1.165, 1.54) is 205 Å². The smallest absolute Gasteiger partial charge is 0.462 e. The summed E-state index contributed by atoms with van der Waals surface area (Å²) in [5.74, 6) is 0.191. The molecule has 0 aromatic heterocycles.